The lowest BCUT2D eigenvalue weighted by molar-refractivity contribution is -0.171. The SMILES string of the molecule is CC(=O)C1=C(O)C(C(C)C)[C@@]2(C)C[C@@]3(C)Cc4ccc(CC5=CC(c6ccccc6)=CC5)c(O)c4C(=O)C3=C(O)[C@@]2(O)C1=O. The molecule has 4 aliphatic carbocycles. The Hall–Kier alpha value is -4.23. The molecular weight excluding hydrogens is 556 g/mol. The van der Waals surface area contributed by atoms with Gasteiger partial charge in [-0.1, -0.05) is 87.9 Å². The molecule has 0 saturated heterocycles. The number of rotatable bonds is 5. The van der Waals surface area contributed by atoms with Crippen molar-refractivity contribution >= 4 is 22.9 Å². The van der Waals surface area contributed by atoms with Gasteiger partial charge in [0.1, 0.15) is 22.8 Å². The molecule has 1 unspecified atom stereocenters. The van der Waals surface area contributed by atoms with Gasteiger partial charge in [-0.15, -0.1) is 0 Å². The Balaban J connectivity index is 1.44. The maximum Gasteiger partial charge on any atom is 0.209 e. The third kappa shape index (κ3) is 3.95. The summed E-state index contributed by atoms with van der Waals surface area (Å²) in [4.78, 5) is 40.7. The fraction of sp³-hybridized carbons (Fsp3) is 0.378. The molecule has 0 spiro atoms. The summed E-state index contributed by atoms with van der Waals surface area (Å²) in [6.07, 6.45) is 5.69. The normalized spacial score (nSPS) is 29.8. The van der Waals surface area contributed by atoms with Crippen LogP contribution >= 0.6 is 0 Å². The zero-order chi connectivity index (χ0) is 31.9. The van der Waals surface area contributed by atoms with Crippen LogP contribution < -0.4 is 0 Å². The van der Waals surface area contributed by atoms with Crippen LogP contribution in [0.1, 0.15) is 74.5 Å². The van der Waals surface area contributed by atoms with Gasteiger partial charge in [-0.25, -0.2) is 0 Å². The van der Waals surface area contributed by atoms with E-state index in [1.165, 1.54) is 0 Å². The summed E-state index contributed by atoms with van der Waals surface area (Å²) >= 11 is 0. The number of aromatic hydroxyl groups is 1. The minimum Gasteiger partial charge on any atom is -0.511 e. The third-order valence-corrected chi connectivity index (χ3v) is 10.4. The van der Waals surface area contributed by atoms with E-state index in [2.05, 4.69) is 12.2 Å². The van der Waals surface area contributed by atoms with Crippen LogP contribution in [0.15, 0.2) is 82.9 Å². The molecule has 0 amide bonds. The van der Waals surface area contributed by atoms with Crippen molar-refractivity contribution in [1.29, 1.82) is 0 Å². The summed E-state index contributed by atoms with van der Waals surface area (Å²) in [6, 6.07) is 13.7. The summed E-state index contributed by atoms with van der Waals surface area (Å²) < 4.78 is 0. The van der Waals surface area contributed by atoms with E-state index in [0.717, 1.165) is 23.6 Å². The molecule has 2 aromatic carbocycles. The summed E-state index contributed by atoms with van der Waals surface area (Å²) in [6.45, 7) is 8.20. The van der Waals surface area contributed by atoms with E-state index in [4.69, 9.17) is 0 Å². The van der Waals surface area contributed by atoms with Crippen molar-refractivity contribution in [1.82, 2.24) is 0 Å². The molecule has 44 heavy (non-hydrogen) atoms. The van der Waals surface area contributed by atoms with Crippen molar-refractivity contribution in [2.45, 2.75) is 65.9 Å². The molecule has 0 fully saturated rings. The van der Waals surface area contributed by atoms with Crippen molar-refractivity contribution in [3.05, 3.63) is 105 Å². The highest BCUT2D eigenvalue weighted by molar-refractivity contribution is 6.25. The Bertz CT molecular complexity index is 1770. The van der Waals surface area contributed by atoms with Crippen LogP contribution in [0, 0.1) is 22.7 Å². The van der Waals surface area contributed by atoms with Crippen LogP contribution in [0.3, 0.4) is 0 Å². The zero-order valence-corrected chi connectivity index (χ0v) is 25.7. The van der Waals surface area contributed by atoms with Gasteiger partial charge in [0, 0.05) is 22.3 Å². The van der Waals surface area contributed by atoms with Crippen molar-refractivity contribution in [3.63, 3.8) is 0 Å². The number of hydrogen-bond donors (Lipinski definition) is 4. The first-order chi connectivity index (χ1) is 20.7. The Morgan fingerprint density at radius 1 is 1.02 bits per heavy atom. The van der Waals surface area contributed by atoms with E-state index >= 15 is 0 Å². The number of carbonyl (C=O) groups is 3. The van der Waals surface area contributed by atoms with Gasteiger partial charge in [-0.05, 0) is 60.8 Å². The predicted molar refractivity (Wildman–Crippen MR) is 166 cm³/mol. The zero-order valence-electron chi connectivity index (χ0n) is 25.7. The molecule has 0 heterocycles. The van der Waals surface area contributed by atoms with Crippen LogP contribution in [-0.4, -0.2) is 43.4 Å². The van der Waals surface area contributed by atoms with Gasteiger partial charge in [0.25, 0.3) is 0 Å². The van der Waals surface area contributed by atoms with Crippen molar-refractivity contribution in [2.24, 2.45) is 22.7 Å². The smallest absolute Gasteiger partial charge is 0.209 e. The monoisotopic (exact) mass is 594 g/mol. The molecule has 0 aromatic heterocycles. The lowest BCUT2D eigenvalue weighted by atomic mass is 9.44. The minimum atomic E-state index is -2.61. The van der Waals surface area contributed by atoms with Crippen molar-refractivity contribution < 1.29 is 34.8 Å². The van der Waals surface area contributed by atoms with Crippen molar-refractivity contribution in [2.75, 3.05) is 0 Å². The molecule has 0 radical (unpaired) electrons. The molecule has 2 aromatic rings. The second-order valence-electron chi connectivity index (χ2n) is 13.8. The van der Waals surface area contributed by atoms with E-state index in [-0.39, 0.29) is 41.4 Å². The molecule has 4 N–H and O–H groups in total. The van der Waals surface area contributed by atoms with E-state index in [0.29, 0.717) is 24.0 Å². The van der Waals surface area contributed by atoms with Crippen LogP contribution in [-0.2, 0) is 22.4 Å². The van der Waals surface area contributed by atoms with E-state index < -0.39 is 51.0 Å². The molecule has 6 rings (SSSR count). The van der Waals surface area contributed by atoms with E-state index in [9.17, 15) is 34.8 Å². The second-order valence-corrected chi connectivity index (χ2v) is 13.8. The summed E-state index contributed by atoms with van der Waals surface area (Å²) in [5.41, 5.74) is -1.25. The summed E-state index contributed by atoms with van der Waals surface area (Å²) in [5.74, 6) is -5.01. The number of allylic oxidation sites excluding steroid dienone is 6. The number of benzene rings is 2. The highest BCUT2D eigenvalue weighted by atomic mass is 16.3. The Morgan fingerprint density at radius 3 is 2.34 bits per heavy atom. The number of ketones is 3. The average molecular weight is 595 g/mol. The van der Waals surface area contributed by atoms with Gasteiger partial charge < -0.3 is 20.4 Å². The van der Waals surface area contributed by atoms with Crippen LogP contribution in [0.5, 0.6) is 5.75 Å². The fourth-order valence-corrected chi connectivity index (χ4v) is 8.69. The van der Waals surface area contributed by atoms with Gasteiger partial charge in [0.15, 0.2) is 17.2 Å². The molecule has 0 saturated carbocycles. The number of Topliss-reactive ketones (excluding diaryl/α,β-unsaturated/α-hetero) is 3. The highest BCUT2D eigenvalue weighted by Crippen LogP contribution is 2.65. The quantitative estimate of drug-likeness (QED) is 0.299. The number of fused-ring (bicyclic) bond motifs is 3. The van der Waals surface area contributed by atoms with Gasteiger partial charge in [-0.3, -0.25) is 14.4 Å². The Kier molecular flexibility index (Phi) is 6.71. The summed E-state index contributed by atoms with van der Waals surface area (Å²) in [7, 11) is 0. The number of phenols is 1. The number of carbonyl (C=O) groups excluding carboxylic acids is 3. The number of phenolic OH excluding ortho intramolecular Hbond substituents is 1. The standard InChI is InChI=1S/C37H38O7/c1-19(2)28-31(40)26(20(3)38)33(42)37(44)34(43)29-32(41)27-25(17-35(29,4)18-36(28,37)5)14-13-24(30(27)39)16-21-11-12-23(15-21)22-9-7-6-8-10-22/h6-10,12-15,19,28,39-40,43-44H,11,16-18H2,1-5H3/t28?,35-,36-,37+/m1/s1. The Morgan fingerprint density at radius 2 is 1.70 bits per heavy atom. The predicted octanol–water partition coefficient (Wildman–Crippen LogP) is 6.30. The van der Waals surface area contributed by atoms with Crippen LogP contribution in [0.2, 0.25) is 0 Å². The number of aliphatic hydroxyl groups excluding tert-OH is 2. The lowest BCUT2D eigenvalue weighted by Crippen LogP contribution is -2.67. The second kappa shape index (κ2) is 9.89. The molecule has 0 aliphatic heterocycles. The molecule has 4 atom stereocenters. The van der Waals surface area contributed by atoms with Crippen LogP contribution in [0.4, 0.5) is 0 Å². The Labute approximate surface area is 256 Å². The molecule has 228 valence electrons. The number of aliphatic hydroxyl groups is 3. The van der Waals surface area contributed by atoms with Crippen LogP contribution in [0.25, 0.3) is 5.57 Å². The maximum absolute atomic E-state index is 14.3. The maximum atomic E-state index is 14.3. The topological polar surface area (TPSA) is 132 Å². The fourth-order valence-electron chi connectivity index (χ4n) is 8.69. The van der Waals surface area contributed by atoms with Gasteiger partial charge in [-0.2, -0.15) is 0 Å². The van der Waals surface area contributed by atoms with Gasteiger partial charge in [0.05, 0.1) is 5.56 Å². The first-order valence-corrected chi connectivity index (χ1v) is 15.1. The minimum absolute atomic E-state index is 0.0532. The summed E-state index contributed by atoms with van der Waals surface area (Å²) in [5, 5.41) is 46.8. The highest BCUT2D eigenvalue weighted by Gasteiger charge is 2.71. The molecule has 0 bridgehead atoms. The van der Waals surface area contributed by atoms with Crippen molar-refractivity contribution in [3.8, 4) is 5.75 Å². The molecular formula is C37H38O7. The van der Waals surface area contributed by atoms with E-state index in [1.54, 1.807) is 13.8 Å². The third-order valence-electron chi connectivity index (χ3n) is 10.4. The molecule has 4 aliphatic rings. The van der Waals surface area contributed by atoms with Gasteiger partial charge in [0.2, 0.25) is 5.78 Å². The van der Waals surface area contributed by atoms with Gasteiger partial charge >= 0.3 is 0 Å². The number of hydrogen-bond acceptors (Lipinski definition) is 7. The molecule has 7 nitrogen and oxygen atoms in total. The molecule has 7 heteroatoms. The largest absolute Gasteiger partial charge is 0.511 e. The first kappa shape index (κ1) is 29.8. The van der Waals surface area contributed by atoms with E-state index in [1.807, 2.05) is 56.3 Å². The first-order valence-electron chi connectivity index (χ1n) is 15.1. The lowest BCUT2D eigenvalue weighted by Gasteiger charge is -2.59. The average Bonchev–Trinajstić information content (AvgIpc) is 3.41.